The molecule has 0 bridgehead atoms. The molecule has 0 saturated heterocycles. The van der Waals surface area contributed by atoms with Gasteiger partial charge >= 0.3 is 11.9 Å². The van der Waals surface area contributed by atoms with Gasteiger partial charge in [-0.05, 0) is 31.6 Å². The standard InChI is InChI=1S/C20H36N4O8/c1-9(2)8-13(22-17(28)12(21)6-7-14(26)27)18(29)23-15(10(3)4)19(30)24-16(11(5)25)20(31)32/h9-13,15-16,25H,6-8,21H2,1-5H3,(H,22,28)(H,23,29)(H,24,30)(H,26,27)(H,31,32). The molecule has 0 aliphatic rings. The molecular weight excluding hydrogens is 424 g/mol. The second-order valence-corrected chi connectivity index (χ2v) is 8.53. The molecule has 0 saturated carbocycles. The van der Waals surface area contributed by atoms with E-state index in [0.29, 0.717) is 0 Å². The first kappa shape index (κ1) is 29.3. The summed E-state index contributed by atoms with van der Waals surface area (Å²) in [5.74, 6) is -5.15. The maximum atomic E-state index is 12.9. The summed E-state index contributed by atoms with van der Waals surface area (Å²) >= 11 is 0. The molecule has 32 heavy (non-hydrogen) atoms. The summed E-state index contributed by atoms with van der Waals surface area (Å²) in [4.78, 5) is 59.7. The normalized spacial score (nSPS) is 15.9. The first-order valence-corrected chi connectivity index (χ1v) is 10.5. The molecule has 0 aliphatic carbocycles. The van der Waals surface area contributed by atoms with Crippen LogP contribution in [0, 0.1) is 11.8 Å². The maximum Gasteiger partial charge on any atom is 0.328 e. The number of rotatable bonds is 14. The Labute approximate surface area is 187 Å². The van der Waals surface area contributed by atoms with Crippen molar-refractivity contribution in [1.29, 1.82) is 0 Å². The van der Waals surface area contributed by atoms with Crippen LogP contribution in [0.5, 0.6) is 0 Å². The number of aliphatic carboxylic acids is 2. The number of carboxylic acids is 2. The molecule has 0 heterocycles. The minimum absolute atomic E-state index is 0.0146. The average molecular weight is 461 g/mol. The number of nitrogens with one attached hydrogen (secondary N) is 3. The minimum Gasteiger partial charge on any atom is -0.481 e. The van der Waals surface area contributed by atoms with Crippen LogP contribution in [0.25, 0.3) is 0 Å². The van der Waals surface area contributed by atoms with Crippen molar-refractivity contribution in [3.63, 3.8) is 0 Å². The van der Waals surface area contributed by atoms with Crippen molar-refractivity contribution in [2.24, 2.45) is 17.6 Å². The van der Waals surface area contributed by atoms with Crippen LogP contribution in [0.2, 0.25) is 0 Å². The highest BCUT2D eigenvalue weighted by atomic mass is 16.4. The van der Waals surface area contributed by atoms with E-state index in [0.717, 1.165) is 0 Å². The van der Waals surface area contributed by atoms with Crippen molar-refractivity contribution in [3.05, 3.63) is 0 Å². The van der Waals surface area contributed by atoms with Crippen LogP contribution < -0.4 is 21.7 Å². The number of carbonyl (C=O) groups excluding carboxylic acids is 3. The predicted octanol–water partition coefficient (Wildman–Crippen LogP) is -1.20. The molecule has 0 rings (SSSR count). The van der Waals surface area contributed by atoms with Crippen molar-refractivity contribution in [3.8, 4) is 0 Å². The molecule has 0 aromatic heterocycles. The van der Waals surface area contributed by atoms with Crippen LogP contribution in [0.15, 0.2) is 0 Å². The van der Waals surface area contributed by atoms with E-state index in [2.05, 4.69) is 16.0 Å². The number of nitrogens with two attached hydrogens (primary N) is 1. The van der Waals surface area contributed by atoms with Crippen LogP contribution in [0.3, 0.4) is 0 Å². The van der Waals surface area contributed by atoms with Gasteiger partial charge in [0.1, 0.15) is 12.1 Å². The first-order chi connectivity index (χ1) is 14.7. The summed E-state index contributed by atoms with van der Waals surface area (Å²) < 4.78 is 0. The highest BCUT2D eigenvalue weighted by Gasteiger charge is 2.33. The predicted molar refractivity (Wildman–Crippen MR) is 114 cm³/mol. The van der Waals surface area contributed by atoms with E-state index in [-0.39, 0.29) is 25.2 Å². The van der Waals surface area contributed by atoms with Crippen LogP contribution in [0.4, 0.5) is 0 Å². The van der Waals surface area contributed by atoms with Gasteiger partial charge < -0.3 is 37.0 Å². The van der Waals surface area contributed by atoms with Crippen molar-refractivity contribution in [2.45, 2.75) is 84.2 Å². The minimum atomic E-state index is -1.56. The van der Waals surface area contributed by atoms with Gasteiger partial charge in [0, 0.05) is 6.42 Å². The van der Waals surface area contributed by atoms with Gasteiger partial charge in [0.2, 0.25) is 17.7 Å². The molecule has 0 radical (unpaired) electrons. The molecule has 12 nitrogen and oxygen atoms in total. The fourth-order valence-corrected chi connectivity index (χ4v) is 2.81. The monoisotopic (exact) mass is 460 g/mol. The third-order valence-corrected chi connectivity index (χ3v) is 4.64. The SMILES string of the molecule is CC(C)CC(NC(=O)C(N)CCC(=O)O)C(=O)NC(C(=O)NC(C(=O)O)C(C)O)C(C)C. The Hall–Kier alpha value is -2.73. The maximum absolute atomic E-state index is 12.9. The summed E-state index contributed by atoms with van der Waals surface area (Å²) in [7, 11) is 0. The lowest BCUT2D eigenvalue weighted by molar-refractivity contribution is -0.145. The zero-order valence-corrected chi connectivity index (χ0v) is 19.1. The second kappa shape index (κ2) is 13.6. The summed E-state index contributed by atoms with van der Waals surface area (Å²) in [6.45, 7) is 8.14. The molecule has 5 unspecified atom stereocenters. The number of hydrogen-bond acceptors (Lipinski definition) is 7. The Kier molecular flexibility index (Phi) is 12.5. The number of hydrogen-bond donors (Lipinski definition) is 7. The molecule has 0 spiro atoms. The van der Waals surface area contributed by atoms with Gasteiger partial charge in [-0.25, -0.2) is 4.79 Å². The van der Waals surface area contributed by atoms with Gasteiger partial charge in [0.15, 0.2) is 6.04 Å². The summed E-state index contributed by atoms with van der Waals surface area (Å²) in [6.07, 6.45) is -1.55. The van der Waals surface area contributed by atoms with Crippen LogP contribution in [-0.4, -0.2) is 75.3 Å². The molecule has 0 aliphatic heterocycles. The molecule has 5 atom stereocenters. The highest BCUT2D eigenvalue weighted by molar-refractivity contribution is 5.94. The number of carboxylic acid groups (broad SMARTS) is 2. The molecule has 12 heteroatoms. The Bertz CT molecular complexity index is 681. The highest BCUT2D eigenvalue weighted by Crippen LogP contribution is 2.09. The summed E-state index contributed by atoms with van der Waals surface area (Å²) in [5, 5.41) is 34.7. The van der Waals surface area contributed by atoms with Crippen LogP contribution >= 0.6 is 0 Å². The number of carbonyl (C=O) groups is 5. The van der Waals surface area contributed by atoms with Gasteiger partial charge in [-0.15, -0.1) is 0 Å². The first-order valence-electron chi connectivity index (χ1n) is 10.5. The average Bonchev–Trinajstić information content (AvgIpc) is 2.65. The number of aliphatic hydroxyl groups excluding tert-OH is 1. The number of aliphatic hydroxyl groups is 1. The second-order valence-electron chi connectivity index (χ2n) is 8.53. The van der Waals surface area contributed by atoms with Crippen LogP contribution in [-0.2, 0) is 24.0 Å². The smallest absolute Gasteiger partial charge is 0.328 e. The van der Waals surface area contributed by atoms with Crippen LogP contribution in [0.1, 0.15) is 53.9 Å². The van der Waals surface area contributed by atoms with E-state index in [1.54, 1.807) is 13.8 Å². The van der Waals surface area contributed by atoms with E-state index >= 15 is 0 Å². The van der Waals surface area contributed by atoms with Gasteiger partial charge in [-0.2, -0.15) is 0 Å². The molecule has 8 N–H and O–H groups in total. The van der Waals surface area contributed by atoms with Gasteiger partial charge in [-0.3, -0.25) is 19.2 Å². The van der Waals surface area contributed by atoms with E-state index in [4.69, 9.17) is 15.9 Å². The Morgan fingerprint density at radius 2 is 1.34 bits per heavy atom. The molecule has 0 aromatic rings. The van der Waals surface area contributed by atoms with E-state index < -0.39 is 65.8 Å². The lowest BCUT2D eigenvalue weighted by Gasteiger charge is -2.28. The fourth-order valence-electron chi connectivity index (χ4n) is 2.81. The Balaban J connectivity index is 5.39. The van der Waals surface area contributed by atoms with E-state index in [1.165, 1.54) is 6.92 Å². The Morgan fingerprint density at radius 3 is 1.75 bits per heavy atom. The third kappa shape index (κ3) is 10.5. The summed E-state index contributed by atoms with van der Waals surface area (Å²) in [5.41, 5.74) is 5.70. The van der Waals surface area contributed by atoms with Crippen molar-refractivity contribution < 1.29 is 39.3 Å². The quantitative estimate of drug-likeness (QED) is 0.166. The molecule has 0 fully saturated rings. The van der Waals surface area contributed by atoms with Gasteiger partial charge in [0.25, 0.3) is 0 Å². The molecular formula is C20H36N4O8. The van der Waals surface area contributed by atoms with Crippen molar-refractivity contribution in [1.82, 2.24) is 16.0 Å². The molecule has 0 aromatic carbocycles. The fraction of sp³-hybridized carbons (Fsp3) is 0.750. The third-order valence-electron chi connectivity index (χ3n) is 4.64. The zero-order chi connectivity index (χ0) is 25.2. The van der Waals surface area contributed by atoms with Gasteiger partial charge in [0.05, 0.1) is 12.1 Å². The lowest BCUT2D eigenvalue weighted by Crippen LogP contribution is -2.59. The molecule has 184 valence electrons. The van der Waals surface area contributed by atoms with E-state index in [9.17, 15) is 29.1 Å². The van der Waals surface area contributed by atoms with Crippen molar-refractivity contribution >= 4 is 29.7 Å². The largest absolute Gasteiger partial charge is 0.481 e. The summed E-state index contributed by atoms with van der Waals surface area (Å²) in [6, 6.07) is -4.85. The van der Waals surface area contributed by atoms with Crippen molar-refractivity contribution in [2.75, 3.05) is 0 Å². The number of amides is 3. The zero-order valence-electron chi connectivity index (χ0n) is 19.1. The lowest BCUT2D eigenvalue weighted by atomic mass is 9.99. The molecule has 3 amide bonds. The van der Waals surface area contributed by atoms with E-state index in [1.807, 2.05) is 13.8 Å². The van der Waals surface area contributed by atoms with Gasteiger partial charge in [-0.1, -0.05) is 27.7 Å². The Morgan fingerprint density at radius 1 is 0.812 bits per heavy atom. The topological polar surface area (TPSA) is 208 Å².